The fourth-order valence-corrected chi connectivity index (χ4v) is 5.32. The van der Waals surface area contributed by atoms with Gasteiger partial charge in [0.05, 0.1) is 11.6 Å². The number of nitrogens with one attached hydrogen (secondary N) is 2. The second kappa shape index (κ2) is 9.68. The number of aryl methyl sites for hydroxylation is 1. The van der Waals surface area contributed by atoms with Crippen LogP contribution in [0.2, 0.25) is 0 Å². The van der Waals surface area contributed by atoms with Gasteiger partial charge in [-0.25, -0.2) is 19.2 Å². The van der Waals surface area contributed by atoms with Crippen molar-refractivity contribution in [3.8, 4) is 0 Å². The van der Waals surface area contributed by atoms with Crippen LogP contribution in [0.25, 0.3) is 16.9 Å². The van der Waals surface area contributed by atoms with Gasteiger partial charge in [-0.3, -0.25) is 9.59 Å². The summed E-state index contributed by atoms with van der Waals surface area (Å²) in [5.74, 6) is -1.51. The number of nitrogens with zero attached hydrogens (tertiary/aromatic N) is 4. The highest BCUT2D eigenvalue weighted by Gasteiger charge is 2.29. The number of carbonyl (C=O) groups excluding carboxylic acids is 2. The average Bonchev–Trinajstić information content (AvgIpc) is 3.62. The highest BCUT2D eigenvalue weighted by molar-refractivity contribution is 7.71. The van der Waals surface area contributed by atoms with Gasteiger partial charge in [0, 0.05) is 13.5 Å². The third-order valence-corrected chi connectivity index (χ3v) is 7.29. The quantitative estimate of drug-likeness (QED) is 0.261. The Labute approximate surface area is 231 Å². The van der Waals surface area contributed by atoms with Crippen molar-refractivity contribution in [2.24, 2.45) is 0 Å². The number of carboxylic acids is 1. The molecule has 1 aliphatic rings. The molecule has 3 heterocycles. The minimum Gasteiger partial charge on any atom is -0.478 e. The molecule has 0 bridgehead atoms. The number of oxazole rings is 1. The first-order chi connectivity index (χ1) is 19.2. The van der Waals surface area contributed by atoms with Gasteiger partial charge < -0.3 is 24.7 Å². The van der Waals surface area contributed by atoms with E-state index in [1.807, 2.05) is 12.1 Å². The number of carboxylic acid groups (broad SMARTS) is 1. The lowest BCUT2D eigenvalue weighted by atomic mass is 9.98. The molecular formula is C27H22N6O6S. The smallest absolute Gasteiger partial charge is 0.335 e. The number of hydrogen-bond donors (Lipinski definition) is 3. The summed E-state index contributed by atoms with van der Waals surface area (Å²) in [5, 5.41) is 19.0. The Bertz CT molecular complexity index is 1920. The van der Waals surface area contributed by atoms with E-state index in [0.29, 0.717) is 35.4 Å². The van der Waals surface area contributed by atoms with E-state index in [1.165, 1.54) is 10.5 Å². The molecule has 0 saturated heterocycles. The Morgan fingerprint density at radius 3 is 2.75 bits per heavy atom. The van der Waals surface area contributed by atoms with Crippen molar-refractivity contribution in [3.05, 3.63) is 86.3 Å². The highest BCUT2D eigenvalue weighted by atomic mass is 32.1. The van der Waals surface area contributed by atoms with Crippen LogP contribution in [0.3, 0.4) is 0 Å². The van der Waals surface area contributed by atoms with Crippen LogP contribution in [0.5, 0.6) is 0 Å². The van der Waals surface area contributed by atoms with E-state index >= 15 is 0 Å². The zero-order chi connectivity index (χ0) is 28.1. The summed E-state index contributed by atoms with van der Waals surface area (Å²) in [6, 6.07) is 9.68. The summed E-state index contributed by atoms with van der Waals surface area (Å²) in [5.41, 5.74) is 4.82. The van der Waals surface area contributed by atoms with Crippen LogP contribution < -0.4 is 10.6 Å². The van der Waals surface area contributed by atoms with Gasteiger partial charge >= 0.3 is 10.8 Å². The van der Waals surface area contributed by atoms with Crippen LogP contribution in [-0.2, 0) is 13.0 Å². The first-order valence-electron chi connectivity index (χ1n) is 12.4. The van der Waals surface area contributed by atoms with Crippen molar-refractivity contribution >= 4 is 46.9 Å². The van der Waals surface area contributed by atoms with E-state index in [9.17, 15) is 19.5 Å². The van der Waals surface area contributed by atoms with Gasteiger partial charge in [-0.05, 0) is 83.7 Å². The largest absolute Gasteiger partial charge is 0.478 e. The van der Waals surface area contributed by atoms with Crippen LogP contribution in [0.15, 0.2) is 45.3 Å². The molecule has 0 saturated carbocycles. The summed E-state index contributed by atoms with van der Waals surface area (Å²) in [6.45, 7) is 3.72. The van der Waals surface area contributed by atoms with Gasteiger partial charge in [0.2, 0.25) is 0 Å². The zero-order valence-corrected chi connectivity index (χ0v) is 22.2. The van der Waals surface area contributed by atoms with E-state index in [0.717, 1.165) is 16.7 Å². The molecule has 12 nitrogen and oxygen atoms in total. The van der Waals surface area contributed by atoms with E-state index in [-0.39, 0.29) is 40.2 Å². The summed E-state index contributed by atoms with van der Waals surface area (Å²) in [6.07, 6.45) is 1.22. The molecule has 5 aromatic rings. The van der Waals surface area contributed by atoms with Crippen molar-refractivity contribution in [2.45, 2.75) is 39.3 Å². The van der Waals surface area contributed by atoms with Gasteiger partial charge in [-0.2, -0.15) is 0 Å². The van der Waals surface area contributed by atoms with Gasteiger partial charge in [0.1, 0.15) is 16.9 Å². The Morgan fingerprint density at radius 1 is 1.12 bits per heavy atom. The maximum absolute atomic E-state index is 13.5. The third-order valence-electron chi connectivity index (χ3n) is 7.03. The van der Waals surface area contributed by atoms with Crippen molar-refractivity contribution in [2.75, 3.05) is 0 Å². The Kier molecular flexibility index (Phi) is 6.14. The lowest BCUT2D eigenvalue weighted by Gasteiger charge is -2.16. The molecule has 0 spiro atoms. The molecule has 202 valence electrons. The molecule has 6 rings (SSSR count). The van der Waals surface area contributed by atoms with E-state index in [4.69, 9.17) is 21.2 Å². The SMILES string of the molecule is Cc1nc2cc(CNC(=O)c3cc(C(=O)N[C@H]4CCc5c4ccc(C(=O)O)c5C)n4c(=S)onc4n3)ccc2o1. The number of aromatic nitrogens is 4. The standard InChI is InChI=1S/C27H22N6O6S/c1-12-15-6-7-18(17(15)5-4-16(12)25(36)37)30-24(35)21-10-20(31-26-32-39-27(40)33(21)26)23(34)28-11-14-3-8-22-19(9-14)29-13(2)38-22/h3-5,8-10,18H,6-7,11H2,1-2H3,(H,28,34)(H,30,35)(H,36,37)/t18-/m0/s1. The zero-order valence-electron chi connectivity index (χ0n) is 21.3. The Balaban J connectivity index is 1.25. The lowest BCUT2D eigenvalue weighted by molar-refractivity contribution is 0.0695. The molecule has 0 unspecified atom stereocenters. The molecule has 1 aliphatic carbocycles. The van der Waals surface area contributed by atoms with Crippen molar-refractivity contribution in [1.82, 2.24) is 30.2 Å². The number of benzene rings is 2. The number of hydrogen-bond acceptors (Lipinski definition) is 9. The summed E-state index contributed by atoms with van der Waals surface area (Å²) in [7, 11) is 0. The second-order valence-corrected chi connectivity index (χ2v) is 9.85. The number of aromatic carboxylic acids is 1. The molecular weight excluding hydrogens is 536 g/mol. The van der Waals surface area contributed by atoms with Crippen molar-refractivity contribution in [3.63, 3.8) is 0 Å². The van der Waals surface area contributed by atoms with Crippen LogP contribution >= 0.6 is 12.2 Å². The van der Waals surface area contributed by atoms with Gasteiger partial charge in [-0.1, -0.05) is 12.1 Å². The molecule has 2 amide bonds. The number of fused-ring (bicyclic) bond motifs is 3. The van der Waals surface area contributed by atoms with Crippen LogP contribution in [0.4, 0.5) is 0 Å². The molecule has 0 fully saturated rings. The lowest BCUT2D eigenvalue weighted by Crippen LogP contribution is -2.30. The summed E-state index contributed by atoms with van der Waals surface area (Å²) >= 11 is 5.20. The summed E-state index contributed by atoms with van der Waals surface area (Å²) in [4.78, 5) is 46.5. The van der Waals surface area contributed by atoms with Crippen LogP contribution in [0, 0.1) is 18.7 Å². The molecule has 3 N–H and O–H groups in total. The van der Waals surface area contributed by atoms with Gasteiger partial charge in [0.25, 0.3) is 17.6 Å². The normalized spacial score (nSPS) is 14.4. The van der Waals surface area contributed by atoms with E-state index in [2.05, 4.69) is 25.8 Å². The minimum absolute atomic E-state index is 0.0314. The maximum atomic E-state index is 13.5. The van der Waals surface area contributed by atoms with Crippen LogP contribution in [-0.4, -0.2) is 42.4 Å². The number of amides is 2. The Hall–Kier alpha value is -4.91. The monoisotopic (exact) mass is 558 g/mol. The van der Waals surface area contributed by atoms with E-state index < -0.39 is 17.8 Å². The molecule has 0 aliphatic heterocycles. The molecule has 2 aromatic carbocycles. The van der Waals surface area contributed by atoms with Gasteiger partial charge in [-0.15, -0.1) is 0 Å². The molecule has 13 heteroatoms. The van der Waals surface area contributed by atoms with Crippen molar-refractivity contribution < 1.29 is 28.4 Å². The third kappa shape index (κ3) is 4.39. The second-order valence-electron chi connectivity index (χ2n) is 9.50. The summed E-state index contributed by atoms with van der Waals surface area (Å²) < 4.78 is 11.8. The topological polar surface area (TPSA) is 165 Å². The van der Waals surface area contributed by atoms with E-state index in [1.54, 1.807) is 32.0 Å². The molecule has 40 heavy (non-hydrogen) atoms. The Morgan fingerprint density at radius 2 is 1.95 bits per heavy atom. The first kappa shape index (κ1) is 25.4. The molecule has 1 atom stereocenters. The predicted octanol–water partition coefficient (Wildman–Crippen LogP) is 3.86. The van der Waals surface area contributed by atoms with Crippen molar-refractivity contribution in [1.29, 1.82) is 0 Å². The number of rotatable bonds is 6. The molecule has 0 radical (unpaired) electrons. The predicted molar refractivity (Wildman–Crippen MR) is 143 cm³/mol. The maximum Gasteiger partial charge on any atom is 0.335 e. The minimum atomic E-state index is -0.992. The first-order valence-corrected chi connectivity index (χ1v) is 12.8. The fraction of sp³-hybridized carbons (Fsp3) is 0.222. The molecule has 3 aromatic heterocycles. The average molecular weight is 559 g/mol. The number of carbonyl (C=O) groups is 3. The fourth-order valence-electron chi connectivity index (χ4n) is 5.10. The van der Waals surface area contributed by atoms with Gasteiger partial charge in [0.15, 0.2) is 11.5 Å². The van der Waals surface area contributed by atoms with Crippen LogP contribution in [0.1, 0.15) is 71.9 Å². The highest BCUT2D eigenvalue weighted by Crippen LogP contribution is 2.35.